The molecule has 0 aliphatic carbocycles. The molecule has 0 amide bonds. The average Bonchev–Trinajstić information content (AvgIpc) is 2.76. The van der Waals surface area contributed by atoms with Gasteiger partial charge in [0.25, 0.3) is 0 Å². The van der Waals surface area contributed by atoms with E-state index in [-0.39, 0.29) is 0 Å². The molecule has 0 saturated carbocycles. The number of hydrogen-bond donors (Lipinski definition) is 0. The van der Waals surface area contributed by atoms with Crippen LogP contribution >= 0.6 is 22.9 Å². The van der Waals surface area contributed by atoms with E-state index in [1.807, 2.05) is 17.4 Å². The minimum absolute atomic E-state index is 0.859. The van der Waals surface area contributed by atoms with Crippen LogP contribution in [0.4, 0.5) is 0 Å². The third-order valence-corrected chi connectivity index (χ3v) is 4.53. The molecule has 88 valence electrons. The van der Waals surface area contributed by atoms with Crippen LogP contribution in [0.2, 0.25) is 5.02 Å². The first kappa shape index (κ1) is 11.8. The molecule has 3 aromatic rings. The highest BCUT2D eigenvalue weighted by Gasteiger charge is 2.05. The minimum atomic E-state index is 0.859. The summed E-state index contributed by atoms with van der Waals surface area (Å²) >= 11 is 8.10. The molecule has 0 N–H and O–H groups in total. The van der Waals surface area contributed by atoms with E-state index < -0.39 is 0 Å². The molecular weight excluding hydrogens is 258 g/mol. The van der Waals surface area contributed by atoms with Gasteiger partial charge < -0.3 is 0 Å². The van der Waals surface area contributed by atoms with E-state index >= 15 is 0 Å². The quantitative estimate of drug-likeness (QED) is 0.626. The lowest BCUT2D eigenvalue weighted by Gasteiger charge is -2.03. The Morgan fingerprint density at radius 1 is 1.06 bits per heavy atom. The maximum absolute atomic E-state index is 6.25. The Bertz CT molecular complexity index is 670. The van der Waals surface area contributed by atoms with Crippen LogP contribution in [-0.4, -0.2) is 7.85 Å². The van der Waals surface area contributed by atoms with Crippen molar-refractivity contribution >= 4 is 46.3 Å². The molecule has 0 nitrogen and oxygen atoms in total. The molecule has 1 heterocycles. The number of rotatable bonds is 2. The summed E-state index contributed by atoms with van der Waals surface area (Å²) < 4.78 is 1.34. The number of halogens is 1. The van der Waals surface area contributed by atoms with Gasteiger partial charge >= 0.3 is 0 Å². The van der Waals surface area contributed by atoms with Crippen LogP contribution in [-0.2, 0) is 6.42 Å². The first-order valence-electron chi connectivity index (χ1n) is 5.95. The van der Waals surface area contributed by atoms with Crippen LogP contribution in [0.25, 0.3) is 10.1 Å². The SMILES string of the molecule is Bc1ccc(Cl)c(Cc2cc3ccccc3s2)c1. The first-order valence-corrected chi connectivity index (χ1v) is 7.14. The molecule has 0 fully saturated rings. The molecular formula is C15H12BClS. The predicted octanol–water partition coefficient (Wildman–Crippen LogP) is 3.40. The van der Waals surface area contributed by atoms with Gasteiger partial charge in [0.2, 0.25) is 0 Å². The van der Waals surface area contributed by atoms with Crippen molar-refractivity contribution in [2.24, 2.45) is 0 Å². The summed E-state index contributed by atoms with van der Waals surface area (Å²) in [5, 5.41) is 2.18. The van der Waals surface area contributed by atoms with Crippen molar-refractivity contribution in [1.29, 1.82) is 0 Å². The summed E-state index contributed by atoms with van der Waals surface area (Å²) in [5.74, 6) is 0. The van der Waals surface area contributed by atoms with Gasteiger partial charge in [0.1, 0.15) is 7.85 Å². The first-order chi connectivity index (χ1) is 8.72. The lowest BCUT2D eigenvalue weighted by molar-refractivity contribution is 1.25. The maximum Gasteiger partial charge on any atom is 0.139 e. The molecule has 0 unspecified atom stereocenters. The summed E-state index contributed by atoms with van der Waals surface area (Å²) in [6, 6.07) is 17.0. The Hall–Kier alpha value is -1.25. The Kier molecular flexibility index (Phi) is 3.15. The maximum atomic E-state index is 6.25. The Balaban J connectivity index is 1.98. The van der Waals surface area contributed by atoms with Gasteiger partial charge in [-0.25, -0.2) is 0 Å². The predicted molar refractivity (Wildman–Crippen MR) is 84.3 cm³/mol. The number of benzene rings is 2. The van der Waals surface area contributed by atoms with Crippen molar-refractivity contribution in [3.05, 3.63) is 64.0 Å². The van der Waals surface area contributed by atoms with Crippen LogP contribution in [0, 0.1) is 0 Å². The molecule has 0 bridgehead atoms. The number of hydrogen-bond acceptors (Lipinski definition) is 1. The smallest absolute Gasteiger partial charge is 0.139 e. The highest BCUT2D eigenvalue weighted by Crippen LogP contribution is 2.28. The summed E-state index contributed by atoms with van der Waals surface area (Å²) in [7, 11) is 2.10. The van der Waals surface area contributed by atoms with Gasteiger partial charge in [-0.1, -0.05) is 47.4 Å². The second kappa shape index (κ2) is 4.79. The molecule has 0 aliphatic heterocycles. The Labute approximate surface area is 117 Å². The van der Waals surface area contributed by atoms with Crippen molar-refractivity contribution in [3.8, 4) is 0 Å². The molecule has 1 aromatic heterocycles. The van der Waals surface area contributed by atoms with Crippen LogP contribution in [0.3, 0.4) is 0 Å². The number of fused-ring (bicyclic) bond motifs is 1. The van der Waals surface area contributed by atoms with Crippen molar-refractivity contribution in [2.75, 3.05) is 0 Å². The van der Waals surface area contributed by atoms with Gasteiger partial charge in [-0.15, -0.1) is 11.3 Å². The molecule has 0 aliphatic rings. The van der Waals surface area contributed by atoms with Gasteiger partial charge in [0.05, 0.1) is 0 Å². The van der Waals surface area contributed by atoms with Gasteiger partial charge in [-0.05, 0) is 29.1 Å². The second-order valence-electron chi connectivity index (χ2n) is 4.52. The molecule has 2 aromatic carbocycles. The molecule has 0 spiro atoms. The molecule has 18 heavy (non-hydrogen) atoms. The van der Waals surface area contributed by atoms with Crippen LogP contribution in [0.5, 0.6) is 0 Å². The summed E-state index contributed by atoms with van der Waals surface area (Å²) in [6.07, 6.45) is 0.917. The van der Waals surface area contributed by atoms with E-state index in [4.69, 9.17) is 11.6 Å². The highest BCUT2D eigenvalue weighted by molar-refractivity contribution is 7.19. The van der Waals surface area contributed by atoms with E-state index in [0.29, 0.717) is 0 Å². The van der Waals surface area contributed by atoms with E-state index in [2.05, 4.69) is 50.3 Å². The zero-order valence-corrected chi connectivity index (χ0v) is 11.7. The Morgan fingerprint density at radius 2 is 1.89 bits per heavy atom. The van der Waals surface area contributed by atoms with E-state index in [1.54, 1.807) is 0 Å². The number of thiophene rings is 1. The lowest BCUT2D eigenvalue weighted by Crippen LogP contribution is -2.03. The molecule has 3 heteroatoms. The van der Waals surface area contributed by atoms with Crippen LogP contribution < -0.4 is 5.46 Å². The van der Waals surface area contributed by atoms with Crippen LogP contribution in [0.15, 0.2) is 48.5 Å². The second-order valence-corrected chi connectivity index (χ2v) is 6.10. The minimum Gasteiger partial charge on any atom is -0.140 e. The van der Waals surface area contributed by atoms with Crippen molar-refractivity contribution in [1.82, 2.24) is 0 Å². The van der Waals surface area contributed by atoms with Crippen molar-refractivity contribution in [3.63, 3.8) is 0 Å². The largest absolute Gasteiger partial charge is 0.140 e. The zero-order valence-electron chi connectivity index (χ0n) is 10.1. The molecule has 0 atom stereocenters. The molecule has 0 radical (unpaired) electrons. The van der Waals surface area contributed by atoms with E-state index in [1.165, 1.54) is 26.0 Å². The average molecular weight is 271 g/mol. The Morgan fingerprint density at radius 3 is 2.72 bits per heavy atom. The fourth-order valence-electron chi connectivity index (χ4n) is 2.15. The summed E-state index contributed by atoms with van der Waals surface area (Å²) in [6.45, 7) is 0. The summed E-state index contributed by atoms with van der Waals surface area (Å²) in [5.41, 5.74) is 2.47. The third-order valence-electron chi connectivity index (χ3n) is 3.04. The molecule has 0 saturated heterocycles. The topological polar surface area (TPSA) is 0 Å². The monoisotopic (exact) mass is 270 g/mol. The van der Waals surface area contributed by atoms with Crippen molar-refractivity contribution < 1.29 is 0 Å². The highest BCUT2D eigenvalue weighted by atomic mass is 35.5. The third kappa shape index (κ3) is 2.31. The van der Waals surface area contributed by atoms with E-state index in [0.717, 1.165) is 11.4 Å². The van der Waals surface area contributed by atoms with Gasteiger partial charge in [0, 0.05) is 21.0 Å². The standard InChI is InChI=1S/C15H12BClS/c16-12-5-6-14(17)11(7-12)9-13-8-10-3-1-2-4-15(10)18-13/h1-8H,9,16H2. The fourth-order valence-corrected chi connectivity index (χ4v) is 3.42. The van der Waals surface area contributed by atoms with Gasteiger partial charge in [-0.2, -0.15) is 0 Å². The van der Waals surface area contributed by atoms with Gasteiger partial charge in [0.15, 0.2) is 0 Å². The van der Waals surface area contributed by atoms with E-state index in [9.17, 15) is 0 Å². The van der Waals surface area contributed by atoms with Crippen LogP contribution in [0.1, 0.15) is 10.4 Å². The van der Waals surface area contributed by atoms with Crippen molar-refractivity contribution in [2.45, 2.75) is 6.42 Å². The van der Waals surface area contributed by atoms with Gasteiger partial charge in [-0.3, -0.25) is 0 Å². The normalized spacial score (nSPS) is 10.9. The fraction of sp³-hybridized carbons (Fsp3) is 0.0667. The molecule has 3 rings (SSSR count). The zero-order chi connectivity index (χ0) is 12.5. The lowest BCUT2D eigenvalue weighted by atomic mass is 9.93. The summed E-state index contributed by atoms with van der Waals surface area (Å²) in [4.78, 5) is 1.36.